The summed E-state index contributed by atoms with van der Waals surface area (Å²) in [5, 5.41) is 3.18. The van der Waals surface area contributed by atoms with Crippen LogP contribution in [-0.2, 0) is 0 Å². The molecule has 2 aromatic rings. The van der Waals surface area contributed by atoms with Crippen molar-refractivity contribution in [3.05, 3.63) is 50.6 Å². The molecule has 19 heavy (non-hydrogen) atoms. The Morgan fingerprint density at radius 2 is 2.05 bits per heavy atom. The van der Waals surface area contributed by atoms with Crippen LogP contribution in [0.4, 0.5) is 8.78 Å². The summed E-state index contributed by atoms with van der Waals surface area (Å²) in [7, 11) is 1.83. The van der Waals surface area contributed by atoms with Gasteiger partial charge in [-0.2, -0.15) is 8.78 Å². The molecule has 0 saturated heterocycles. The van der Waals surface area contributed by atoms with Crippen LogP contribution in [0.3, 0.4) is 0 Å². The van der Waals surface area contributed by atoms with Crippen molar-refractivity contribution in [2.45, 2.75) is 12.7 Å². The van der Waals surface area contributed by atoms with Gasteiger partial charge in [-0.05, 0) is 52.8 Å². The molecule has 0 bridgehead atoms. The highest BCUT2D eigenvalue weighted by Gasteiger charge is 2.15. The van der Waals surface area contributed by atoms with Gasteiger partial charge in [0.25, 0.3) is 0 Å². The zero-order chi connectivity index (χ0) is 13.8. The Balaban J connectivity index is 2.28. The maximum Gasteiger partial charge on any atom is 0.387 e. The topological polar surface area (TPSA) is 21.3 Å². The average Bonchev–Trinajstić information content (AvgIpc) is 2.76. The molecular weight excluding hydrogens is 336 g/mol. The van der Waals surface area contributed by atoms with Crippen molar-refractivity contribution in [1.29, 1.82) is 0 Å². The van der Waals surface area contributed by atoms with Crippen LogP contribution in [0.2, 0.25) is 0 Å². The monoisotopic (exact) mass is 347 g/mol. The van der Waals surface area contributed by atoms with E-state index in [4.69, 9.17) is 0 Å². The smallest absolute Gasteiger partial charge is 0.387 e. The summed E-state index contributed by atoms with van der Waals surface area (Å²) in [6.07, 6.45) is 0. The van der Waals surface area contributed by atoms with E-state index < -0.39 is 6.61 Å². The van der Waals surface area contributed by atoms with Crippen LogP contribution in [0.15, 0.2) is 40.2 Å². The van der Waals surface area contributed by atoms with Crippen LogP contribution in [0, 0.1) is 0 Å². The molecule has 0 radical (unpaired) electrons. The second-order valence-electron chi connectivity index (χ2n) is 3.81. The van der Waals surface area contributed by atoms with E-state index in [1.165, 1.54) is 6.07 Å². The second kappa shape index (κ2) is 6.45. The molecule has 2 rings (SSSR count). The Labute approximate surface area is 122 Å². The molecule has 102 valence electrons. The van der Waals surface area contributed by atoms with Gasteiger partial charge in [0.15, 0.2) is 0 Å². The van der Waals surface area contributed by atoms with E-state index >= 15 is 0 Å². The van der Waals surface area contributed by atoms with Crippen LogP contribution in [-0.4, -0.2) is 13.7 Å². The molecule has 0 aliphatic heterocycles. The molecule has 0 spiro atoms. The normalized spacial score (nSPS) is 12.7. The Morgan fingerprint density at radius 1 is 1.26 bits per heavy atom. The van der Waals surface area contributed by atoms with Gasteiger partial charge in [0.1, 0.15) is 5.75 Å². The zero-order valence-corrected chi connectivity index (χ0v) is 12.5. The second-order valence-corrected chi connectivity index (χ2v) is 6.31. The van der Waals surface area contributed by atoms with Crippen LogP contribution >= 0.6 is 27.3 Å². The third-order valence-electron chi connectivity index (χ3n) is 2.58. The van der Waals surface area contributed by atoms with E-state index in [0.717, 1.165) is 14.2 Å². The first-order valence-corrected chi connectivity index (χ1v) is 7.18. The van der Waals surface area contributed by atoms with Crippen molar-refractivity contribution < 1.29 is 13.5 Å². The highest BCUT2D eigenvalue weighted by atomic mass is 79.9. The number of alkyl halides is 2. The summed E-state index contributed by atoms with van der Waals surface area (Å²) in [6, 6.07) is 10.7. The lowest BCUT2D eigenvalue weighted by molar-refractivity contribution is -0.0498. The first-order valence-electron chi connectivity index (χ1n) is 5.57. The lowest BCUT2D eigenvalue weighted by Gasteiger charge is -2.16. The van der Waals surface area contributed by atoms with Crippen molar-refractivity contribution >= 4 is 27.3 Å². The molecule has 0 fully saturated rings. The quantitative estimate of drug-likeness (QED) is 0.864. The number of hydrogen-bond donors (Lipinski definition) is 1. The Bertz CT molecular complexity index is 547. The lowest BCUT2D eigenvalue weighted by Crippen LogP contribution is -2.16. The van der Waals surface area contributed by atoms with Crippen molar-refractivity contribution in [2.75, 3.05) is 7.05 Å². The average molecular weight is 348 g/mol. The van der Waals surface area contributed by atoms with Crippen molar-refractivity contribution in [2.24, 2.45) is 0 Å². The number of rotatable bonds is 5. The summed E-state index contributed by atoms with van der Waals surface area (Å²) in [6.45, 7) is -2.81. The number of hydrogen-bond acceptors (Lipinski definition) is 3. The molecular formula is C13H12BrF2NOS. The maximum absolute atomic E-state index is 12.2. The summed E-state index contributed by atoms with van der Waals surface area (Å²) in [4.78, 5) is 1.10. The SMILES string of the molecule is CNC(c1cccc(OC(F)F)c1)c1ccc(Br)s1. The van der Waals surface area contributed by atoms with E-state index in [9.17, 15) is 8.78 Å². The molecule has 1 heterocycles. The summed E-state index contributed by atoms with van der Waals surface area (Å²) in [5.74, 6) is 0.170. The number of nitrogens with one attached hydrogen (secondary N) is 1. The van der Waals surface area contributed by atoms with Gasteiger partial charge in [-0.1, -0.05) is 12.1 Å². The summed E-state index contributed by atoms with van der Waals surface area (Å²) < 4.78 is 29.9. The van der Waals surface area contributed by atoms with E-state index in [1.807, 2.05) is 25.2 Å². The molecule has 0 aliphatic carbocycles. The highest BCUT2D eigenvalue weighted by molar-refractivity contribution is 9.11. The van der Waals surface area contributed by atoms with Gasteiger partial charge >= 0.3 is 6.61 Å². The van der Waals surface area contributed by atoms with Gasteiger partial charge in [-0.25, -0.2) is 0 Å². The van der Waals surface area contributed by atoms with Gasteiger partial charge in [-0.3, -0.25) is 0 Å². The van der Waals surface area contributed by atoms with E-state index in [0.29, 0.717) is 0 Å². The maximum atomic E-state index is 12.2. The predicted octanol–water partition coefficient (Wildman–Crippen LogP) is 4.42. The molecule has 0 amide bonds. The Kier molecular flexibility index (Phi) is 4.90. The fourth-order valence-electron chi connectivity index (χ4n) is 1.83. The molecule has 1 N–H and O–H groups in total. The van der Waals surface area contributed by atoms with Gasteiger partial charge in [0, 0.05) is 4.88 Å². The van der Waals surface area contributed by atoms with Crippen molar-refractivity contribution in [3.8, 4) is 5.75 Å². The molecule has 1 aromatic carbocycles. The number of halogens is 3. The number of benzene rings is 1. The number of ether oxygens (including phenoxy) is 1. The minimum atomic E-state index is -2.81. The molecule has 0 saturated carbocycles. The first kappa shape index (κ1) is 14.4. The van der Waals surface area contributed by atoms with E-state index in [1.54, 1.807) is 23.5 Å². The van der Waals surface area contributed by atoms with Gasteiger partial charge < -0.3 is 10.1 Å². The van der Waals surface area contributed by atoms with Crippen LogP contribution in [0.5, 0.6) is 5.75 Å². The third-order valence-corrected chi connectivity index (χ3v) is 4.27. The molecule has 1 atom stereocenters. The molecule has 1 unspecified atom stereocenters. The summed E-state index contributed by atoms with van der Waals surface area (Å²) >= 11 is 5.02. The lowest BCUT2D eigenvalue weighted by atomic mass is 10.1. The fourth-order valence-corrected chi connectivity index (χ4v) is 3.39. The van der Waals surface area contributed by atoms with Crippen molar-refractivity contribution in [3.63, 3.8) is 0 Å². The Hall–Kier alpha value is -0.980. The van der Waals surface area contributed by atoms with Crippen molar-refractivity contribution in [1.82, 2.24) is 5.32 Å². The summed E-state index contributed by atoms with van der Waals surface area (Å²) in [5.41, 5.74) is 0.884. The van der Waals surface area contributed by atoms with Gasteiger partial charge in [-0.15, -0.1) is 11.3 Å². The van der Waals surface area contributed by atoms with Crippen LogP contribution in [0.1, 0.15) is 16.5 Å². The fraction of sp³-hybridized carbons (Fsp3) is 0.231. The van der Waals surface area contributed by atoms with E-state index in [2.05, 4.69) is 26.0 Å². The molecule has 1 aromatic heterocycles. The zero-order valence-electron chi connectivity index (χ0n) is 10.1. The predicted molar refractivity (Wildman–Crippen MR) is 76.0 cm³/mol. The molecule has 6 heteroatoms. The first-order chi connectivity index (χ1) is 9.10. The Morgan fingerprint density at radius 3 is 2.63 bits per heavy atom. The third kappa shape index (κ3) is 3.75. The molecule has 0 aliphatic rings. The molecule has 2 nitrogen and oxygen atoms in total. The minimum Gasteiger partial charge on any atom is -0.435 e. The largest absolute Gasteiger partial charge is 0.435 e. The van der Waals surface area contributed by atoms with E-state index in [-0.39, 0.29) is 11.8 Å². The van der Waals surface area contributed by atoms with Gasteiger partial charge in [0.2, 0.25) is 0 Å². The van der Waals surface area contributed by atoms with Crippen LogP contribution < -0.4 is 10.1 Å². The number of thiophene rings is 1. The highest BCUT2D eigenvalue weighted by Crippen LogP contribution is 2.32. The standard InChI is InChI=1S/C13H12BrF2NOS/c1-17-12(10-5-6-11(14)19-10)8-3-2-4-9(7-8)18-13(15)16/h2-7,12-13,17H,1H3. The van der Waals surface area contributed by atoms with Crippen LogP contribution in [0.25, 0.3) is 0 Å². The minimum absolute atomic E-state index is 0.0440. The van der Waals surface area contributed by atoms with Gasteiger partial charge in [0.05, 0.1) is 9.83 Å².